The molecule has 1 aromatic heterocycles. The van der Waals surface area contributed by atoms with Gasteiger partial charge in [0.15, 0.2) is 9.84 Å². The van der Waals surface area contributed by atoms with Gasteiger partial charge in [0.25, 0.3) is 0 Å². The van der Waals surface area contributed by atoms with Crippen molar-refractivity contribution in [1.29, 1.82) is 0 Å². The molecule has 2 aliphatic heterocycles. The van der Waals surface area contributed by atoms with Gasteiger partial charge in [-0.15, -0.1) is 0 Å². The number of nitrogens with one attached hydrogen (secondary N) is 1. The largest absolute Gasteiger partial charge is 0.497 e. The summed E-state index contributed by atoms with van der Waals surface area (Å²) in [4.78, 5) is 28.9. The Morgan fingerprint density at radius 1 is 1.07 bits per heavy atom. The molecule has 30 heavy (non-hydrogen) atoms. The Labute approximate surface area is 174 Å². The van der Waals surface area contributed by atoms with E-state index in [0.29, 0.717) is 48.9 Å². The van der Waals surface area contributed by atoms with Crippen molar-refractivity contribution in [2.75, 3.05) is 45.7 Å². The van der Waals surface area contributed by atoms with Gasteiger partial charge in [-0.2, -0.15) is 5.10 Å². The number of fused-ring (bicyclic) bond motifs is 1. The second-order valence-electron chi connectivity index (χ2n) is 7.47. The van der Waals surface area contributed by atoms with E-state index in [1.165, 1.54) is 9.58 Å². The lowest BCUT2D eigenvalue weighted by molar-refractivity contribution is -0.144. The Hall–Kier alpha value is -2.92. The maximum absolute atomic E-state index is 12.7. The van der Waals surface area contributed by atoms with Gasteiger partial charge in [0, 0.05) is 31.7 Å². The van der Waals surface area contributed by atoms with Crippen molar-refractivity contribution >= 4 is 27.5 Å². The van der Waals surface area contributed by atoms with Crippen LogP contribution < -0.4 is 10.1 Å². The quantitative estimate of drug-likeness (QED) is 0.679. The van der Waals surface area contributed by atoms with Gasteiger partial charge in [0.05, 0.1) is 30.0 Å². The molecule has 1 N–H and O–H groups in total. The highest BCUT2D eigenvalue weighted by atomic mass is 32.2. The van der Waals surface area contributed by atoms with Crippen molar-refractivity contribution in [3.8, 4) is 11.4 Å². The molecule has 0 bridgehead atoms. The van der Waals surface area contributed by atoms with Gasteiger partial charge in [0.1, 0.15) is 11.6 Å². The molecule has 1 aromatic carbocycles. The molecule has 10 nitrogen and oxygen atoms in total. The molecule has 0 unspecified atom stereocenters. The van der Waals surface area contributed by atoms with Crippen LogP contribution in [0.4, 0.5) is 5.82 Å². The van der Waals surface area contributed by atoms with E-state index in [2.05, 4.69) is 15.3 Å². The van der Waals surface area contributed by atoms with Crippen molar-refractivity contribution in [2.24, 2.45) is 0 Å². The standard InChI is InChI=1S/C19H23N5O5S/c1-22-7-9-23(10-8-22)19(26)18(25)20-17-15-11-30(27,28)12-16(15)21-24(17)13-3-5-14(29-2)6-4-13/h3-6H,7-12H2,1-2H3,(H,20,25). The summed E-state index contributed by atoms with van der Waals surface area (Å²) in [6.07, 6.45) is 0. The number of aromatic nitrogens is 2. The maximum Gasteiger partial charge on any atom is 0.315 e. The van der Waals surface area contributed by atoms with Crippen LogP contribution in [0.1, 0.15) is 11.3 Å². The average Bonchev–Trinajstić information content (AvgIpc) is 3.20. The van der Waals surface area contributed by atoms with Crippen molar-refractivity contribution in [3.63, 3.8) is 0 Å². The van der Waals surface area contributed by atoms with Gasteiger partial charge in [-0.05, 0) is 31.3 Å². The number of carbonyl (C=O) groups is 2. The third kappa shape index (κ3) is 3.90. The highest BCUT2D eigenvalue weighted by molar-refractivity contribution is 7.90. The molecule has 0 saturated carbocycles. The first-order valence-electron chi connectivity index (χ1n) is 9.52. The van der Waals surface area contributed by atoms with E-state index in [0.717, 1.165) is 0 Å². The van der Waals surface area contributed by atoms with E-state index >= 15 is 0 Å². The zero-order valence-electron chi connectivity index (χ0n) is 16.8. The predicted octanol–water partition coefficient (Wildman–Crippen LogP) is 0.0218. The van der Waals surface area contributed by atoms with Crippen LogP contribution in [0, 0.1) is 0 Å². The first-order chi connectivity index (χ1) is 14.3. The molecule has 1 saturated heterocycles. The first kappa shape index (κ1) is 20.4. The molecule has 0 radical (unpaired) electrons. The van der Waals surface area contributed by atoms with Gasteiger partial charge < -0.3 is 19.9 Å². The van der Waals surface area contributed by atoms with Crippen LogP contribution in [0.5, 0.6) is 5.75 Å². The minimum absolute atomic E-state index is 0.194. The topological polar surface area (TPSA) is 114 Å². The van der Waals surface area contributed by atoms with Gasteiger partial charge in [-0.1, -0.05) is 0 Å². The number of rotatable bonds is 3. The molecule has 11 heteroatoms. The number of methoxy groups -OCH3 is 1. The first-order valence-corrected chi connectivity index (χ1v) is 11.3. The third-order valence-electron chi connectivity index (χ3n) is 5.32. The van der Waals surface area contributed by atoms with Crippen LogP contribution >= 0.6 is 0 Å². The molecule has 2 amide bonds. The molecular formula is C19H23N5O5S. The van der Waals surface area contributed by atoms with Gasteiger partial charge in [0.2, 0.25) is 0 Å². The highest BCUT2D eigenvalue weighted by Gasteiger charge is 2.34. The summed E-state index contributed by atoms with van der Waals surface area (Å²) in [5.74, 6) is -1.00. The summed E-state index contributed by atoms with van der Waals surface area (Å²) in [7, 11) is 0.186. The minimum Gasteiger partial charge on any atom is -0.497 e. The summed E-state index contributed by atoms with van der Waals surface area (Å²) >= 11 is 0. The number of amides is 2. The monoisotopic (exact) mass is 433 g/mol. The van der Waals surface area contributed by atoms with Gasteiger partial charge in [-0.25, -0.2) is 13.1 Å². The molecule has 4 rings (SSSR count). The van der Waals surface area contributed by atoms with Crippen molar-refractivity contribution in [2.45, 2.75) is 11.5 Å². The van der Waals surface area contributed by atoms with Crippen molar-refractivity contribution in [1.82, 2.24) is 19.6 Å². The fourth-order valence-electron chi connectivity index (χ4n) is 3.60. The van der Waals surface area contributed by atoms with Crippen LogP contribution in [0.2, 0.25) is 0 Å². The number of sulfone groups is 1. The van der Waals surface area contributed by atoms with E-state index < -0.39 is 21.7 Å². The minimum atomic E-state index is -3.32. The molecule has 1 fully saturated rings. The Morgan fingerprint density at radius 2 is 1.73 bits per heavy atom. The fourth-order valence-corrected chi connectivity index (χ4v) is 5.09. The van der Waals surface area contributed by atoms with Crippen LogP contribution in [0.25, 0.3) is 5.69 Å². The van der Waals surface area contributed by atoms with Crippen LogP contribution in [-0.2, 0) is 30.9 Å². The summed E-state index contributed by atoms with van der Waals surface area (Å²) in [6.45, 7) is 2.31. The summed E-state index contributed by atoms with van der Waals surface area (Å²) in [5.41, 5.74) is 1.42. The van der Waals surface area contributed by atoms with E-state index in [1.54, 1.807) is 31.4 Å². The molecule has 3 heterocycles. The summed E-state index contributed by atoms with van der Waals surface area (Å²) in [5, 5.41) is 7.02. The third-order valence-corrected chi connectivity index (χ3v) is 6.76. The fraction of sp³-hybridized carbons (Fsp3) is 0.421. The SMILES string of the molecule is COc1ccc(-n2nc3c(c2NC(=O)C(=O)N2CCN(C)CC2)CS(=O)(=O)C3)cc1. The smallest absolute Gasteiger partial charge is 0.315 e. The van der Waals surface area contributed by atoms with E-state index in [1.807, 2.05) is 7.05 Å². The van der Waals surface area contributed by atoms with E-state index in [9.17, 15) is 18.0 Å². The summed E-state index contributed by atoms with van der Waals surface area (Å²) in [6, 6.07) is 6.96. The molecule has 0 aliphatic carbocycles. The Balaban J connectivity index is 1.64. The van der Waals surface area contributed by atoms with Crippen molar-refractivity contribution in [3.05, 3.63) is 35.5 Å². The number of hydrogen-bond donors (Lipinski definition) is 1. The van der Waals surface area contributed by atoms with Gasteiger partial charge in [-0.3, -0.25) is 9.59 Å². The lowest BCUT2D eigenvalue weighted by Gasteiger charge is -2.31. The number of piperazine rings is 1. The normalized spacial score (nSPS) is 18.1. The molecule has 2 aliphatic rings. The maximum atomic E-state index is 12.7. The Morgan fingerprint density at radius 3 is 2.37 bits per heavy atom. The van der Waals surface area contributed by atoms with E-state index in [-0.39, 0.29) is 17.3 Å². The highest BCUT2D eigenvalue weighted by Crippen LogP contribution is 2.33. The Bertz CT molecular complexity index is 1090. The number of anilines is 1. The molecular weight excluding hydrogens is 410 g/mol. The average molecular weight is 433 g/mol. The molecule has 0 spiro atoms. The van der Waals surface area contributed by atoms with E-state index in [4.69, 9.17) is 4.74 Å². The second kappa shape index (κ2) is 7.73. The zero-order valence-corrected chi connectivity index (χ0v) is 17.6. The van der Waals surface area contributed by atoms with Gasteiger partial charge >= 0.3 is 11.8 Å². The molecule has 0 atom stereocenters. The van der Waals surface area contributed by atoms with Crippen LogP contribution in [0.15, 0.2) is 24.3 Å². The zero-order chi connectivity index (χ0) is 21.5. The number of likely N-dealkylation sites (N-methyl/N-ethyl adjacent to an activating group) is 1. The number of ether oxygens (including phenoxy) is 1. The lowest BCUT2D eigenvalue weighted by Crippen LogP contribution is -2.50. The Kier molecular flexibility index (Phi) is 5.24. The van der Waals surface area contributed by atoms with Crippen LogP contribution in [-0.4, -0.2) is 80.1 Å². The lowest BCUT2D eigenvalue weighted by atomic mass is 10.2. The second-order valence-corrected chi connectivity index (χ2v) is 9.53. The number of hydrogen-bond acceptors (Lipinski definition) is 7. The number of carbonyl (C=O) groups excluding carboxylic acids is 2. The van der Waals surface area contributed by atoms with Crippen LogP contribution in [0.3, 0.4) is 0 Å². The number of benzene rings is 1. The summed E-state index contributed by atoms with van der Waals surface area (Å²) < 4.78 is 30.8. The number of nitrogens with zero attached hydrogens (tertiary/aromatic N) is 4. The van der Waals surface area contributed by atoms with Crippen molar-refractivity contribution < 1.29 is 22.7 Å². The predicted molar refractivity (Wildman–Crippen MR) is 109 cm³/mol. The molecule has 2 aromatic rings. The molecule has 160 valence electrons.